The van der Waals surface area contributed by atoms with Crippen LogP contribution in [-0.4, -0.2) is 45.4 Å². The normalized spacial score (nSPS) is 10.5. The molecule has 2 heterocycles. The van der Waals surface area contributed by atoms with Gasteiger partial charge in [-0.2, -0.15) is 9.97 Å². The zero-order valence-electron chi connectivity index (χ0n) is 15.7. The first kappa shape index (κ1) is 19.9. The molecular weight excluding hydrogens is 380 g/mol. The predicted molar refractivity (Wildman–Crippen MR) is 98.4 cm³/mol. The number of unbranched alkanes of at least 4 members (excludes halogenated alkanes) is 1. The lowest BCUT2D eigenvalue weighted by Gasteiger charge is -2.02. The summed E-state index contributed by atoms with van der Waals surface area (Å²) >= 11 is 0. The van der Waals surface area contributed by atoms with Crippen LogP contribution in [0.4, 0.5) is 0 Å². The van der Waals surface area contributed by atoms with E-state index in [0.717, 1.165) is 6.08 Å². The second kappa shape index (κ2) is 9.40. The lowest BCUT2D eigenvalue weighted by molar-refractivity contribution is -0.137. The minimum atomic E-state index is -0.725. The molecule has 10 heteroatoms. The molecule has 2 aromatic heterocycles. The van der Waals surface area contributed by atoms with Crippen molar-refractivity contribution in [1.29, 1.82) is 0 Å². The largest absolute Gasteiger partial charge is 0.463 e. The van der Waals surface area contributed by atoms with E-state index < -0.39 is 11.9 Å². The van der Waals surface area contributed by atoms with Gasteiger partial charge in [-0.15, -0.1) is 0 Å². The fraction of sp³-hybridized carbons (Fsp3) is 0.263. The van der Waals surface area contributed by atoms with Gasteiger partial charge in [0.1, 0.15) is 0 Å². The van der Waals surface area contributed by atoms with E-state index in [-0.39, 0.29) is 24.9 Å². The fourth-order valence-corrected chi connectivity index (χ4v) is 2.30. The minimum absolute atomic E-state index is 0.134. The standard InChI is InChI=1S/C19H18N4O6/c1-3-15(24)26-9-4-5-10-27-19(25)18-21-17(23-29-18)14-8-6-7-13(11-14)16-20-12(2)28-22-16/h3,6-8,11H,1,4-5,9-10H2,2H3. The fourth-order valence-electron chi connectivity index (χ4n) is 2.30. The number of benzene rings is 1. The van der Waals surface area contributed by atoms with E-state index in [1.54, 1.807) is 25.1 Å². The lowest BCUT2D eigenvalue weighted by atomic mass is 10.1. The van der Waals surface area contributed by atoms with Gasteiger partial charge in [0.05, 0.1) is 13.2 Å². The monoisotopic (exact) mass is 398 g/mol. The number of nitrogens with zero attached hydrogens (tertiary/aromatic N) is 4. The van der Waals surface area contributed by atoms with Crippen molar-refractivity contribution in [3.63, 3.8) is 0 Å². The van der Waals surface area contributed by atoms with Crippen LogP contribution >= 0.6 is 0 Å². The number of carbonyl (C=O) groups is 2. The Bertz CT molecular complexity index is 1010. The molecule has 0 aliphatic rings. The van der Waals surface area contributed by atoms with E-state index in [1.807, 2.05) is 6.07 Å². The van der Waals surface area contributed by atoms with E-state index in [4.69, 9.17) is 18.5 Å². The predicted octanol–water partition coefficient (Wildman–Crippen LogP) is 2.76. The van der Waals surface area contributed by atoms with Crippen molar-refractivity contribution >= 4 is 11.9 Å². The van der Waals surface area contributed by atoms with Crippen molar-refractivity contribution in [1.82, 2.24) is 20.3 Å². The number of hydrogen-bond acceptors (Lipinski definition) is 10. The average Bonchev–Trinajstić information content (AvgIpc) is 3.40. The zero-order valence-corrected chi connectivity index (χ0v) is 15.7. The third-order valence-electron chi connectivity index (χ3n) is 3.69. The third kappa shape index (κ3) is 5.34. The van der Waals surface area contributed by atoms with Gasteiger partial charge < -0.3 is 18.5 Å². The van der Waals surface area contributed by atoms with Crippen LogP contribution in [0.1, 0.15) is 29.4 Å². The summed E-state index contributed by atoms with van der Waals surface area (Å²) in [5.41, 5.74) is 1.34. The van der Waals surface area contributed by atoms with Crippen LogP contribution in [0.25, 0.3) is 22.8 Å². The molecule has 10 nitrogen and oxygen atoms in total. The average molecular weight is 398 g/mol. The van der Waals surface area contributed by atoms with Gasteiger partial charge in [0.25, 0.3) is 0 Å². The zero-order chi connectivity index (χ0) is 20.6. The molecule has 3 rings (SSSR count). The molecule has 0 amide bonds. The SMILES string of the molecule is C=CC(=O)OCCCCOC(=O)c1nc(-c2cccc(-c3noc(C)n3)c2)no1. The molecule has 1 aromatic carbocycles. The number of aromatic nitrogens is 4. The highest BCUT2D eigenvalue weighted by atomic mass is 16.6. The highest BCUT2D eigenvalue weighted by Gasteiger charge is 2.18. The maximum atomic E-state index is 12.0. The Morgan fingerprint density at radius 1 is 1.03 bits per heavy atom. The van der Waals surface area contributed by atoms with Crippen molar-refractivity contribution < 1.29 is 28.1 Å². The molecule has 150 valence electrons. The summed E-state index contributed by atoms with van der Waals surface area (Å²) in [5, 5.41) is 7.68. The Morgan fingerprint density at radius 3 is 2.34 bits per heavy atom. The van der Waals surface area contributed by atoms with Gasteiger partial charge >= 0.3 is 17.8 Å². The smallest absolute Gasteiger partial charge is 0.397 e. The second-order valence-electron chi connectivity index (χ2n) is 5.86. The Kier molecular flexibility index (Phi) is 6.46. The summed E-state index contributed by atoms with van der Waals surface area (Å²) in [6, 6.07) is 7.12. The first-order chi connectivity index (χ1) is 14.1. The van der Waals surface area contributed by atoms with Gasteiger partial charge in [0, 0.05) is 24.1 Å². The maximum Gasteiger partial charge on any atom is 0.397 e. The Labute approximate surface area is 165 Å². The topological polar surface area (TPSA) is 130 Å². The number of ether oxygens (including phenoxy) is 2. The summed E-state index contributed by atoms with van der Waals surface area (Å²) < 4.78 is 19.9. The molecule has 0 saturated carbocycles. The molecule has 0 spiro atoms. The van der Waals surface area contributed by atoms with Crippen LogP contribution in [0.5, 0.6) is 0 Å². The molecule has 29 heavy (non-hydrogen) atoms. The minimum Gasteiger partial charge on any atom is -0.463 e. The molecular formula is C19H18N4O6. The summed E-state index contributed by atoms with van der Waals surface area (Å²) in [7, 11) is 0. The molecule has 0 atom stereocenters. The number of rotatable bonds is 9. The van der Waals surface area contributed by atoms with Crippen molar-refractivity contribution in [2.24, 2.45) is 0 Å². The highest BCUT2D eigenvalue weighted by molar-refractivity contribution is 5.84. The highest BCUT2D eigenvalue weighted by Crippen LogP contribution is 2.23. The van der Waals surface area contributed by atoms with Crippen LogP contribution in [-0.2, 0) is 14.3 Å². The first-order valence-electron chi connectivity index (χ1n) is 8.78. The van der Waals surface area contributed by atoms with Gasteiger partial charge in [0.2, 0.25) is 17.5 Å². The molecule has 3 aromatic rings. The van der Waals surface area contributed by atoms with Gasteiger partial charge in [-0.25, -0.2) is 9.59 Å². The van der Waals surface area contributed by atoms with Crippen molar-refractivity contribution in [3.8, 4) is 22.8 Å². The van der Waals surface area contributed by atoms with Gasteiger partial charge in [0.15, 0.2) is 0 Å². The molecule has 0 unspecified atom stereocenters. The first-order valence-corrected chi connectivity index (χ1v) is 8.78. The Morgan fingerprint density at radius 2 is 1.69 bits per heavy atom. The summed E-state index contributed by atoms with van der Waals surface area (Å²) in [6.07, 6.45) is 2.15. The Hall–Kier alpha value is -3.82. The molecule has 0 fully saturated rings. The third-order valence-corrected chi connectivity index (χ3v) is 3.69. The van der Waals surface area contributed by atoms with Gasteiger partial charge in [-0.1, -0.05) is 35.1 Å². The van der Waals surface area contributed by atoms with Gasteiger partial charge in [-0.05, 0) is 18.9 Å². The van der Waals surface area contributed by atoms with Crippen LogP contribution in [0.2, 0.25) is 0 Å². The van der Waals surface area contributed by atoms with E-state index >= 15 is 0 Å². The van der Waals surface area contributed by atoms with E-state index in [0.29, 0.717) is 35.7 Å². The number of hydrogen-bond donors (Lipinski definition) is 0. The van der Waals surface area contributed by atoms with E-state index in [1.165, 1.54) is 0 Å². The number of esters is 2. The van der Waals surface area contributed by atoms with Crippen molar-refractivity contribution in [3.05, 3.63) is 48.7 Å². The van der Waals surface area contributed by atoms with Crippen LogP contribution < -0.4 is 0 Å². The van der Waals surface area contributed by atoms with Gasteiger partial charge in [-0.3, -0.25) is 0 Å². The Balaban J connectivity index is 1.54. The van der Waals surface area contributed by atoms with Crippen LogP contribution in [0, 0.1) is 6.92 Å². The van der Waals surface area contributed by atoms with E-state index in [2.05, 4.69) is 26.9 Å². The van der Waals surface area contributed by atoms with Crippen LogP contribution in [0.3, 0.4) is 0 Å². The molecule has 0 saturated heterocycles. The molecule has 0 aliphatic carbocycles. The number of aryl methyl sites for hydroxylation is 1. The second-order valence-corrected chi connectivity index (χ2v) is 5.86. The summed E-state index contributed by atoms with van der Waals surface area (Å²) in [4.78, 5) is 31.2. The molecule has 0 bridgehead atoms. The van der Waals surface area contributed by atoms with Crippen molar-refractivity contribution in [2.45, 2.75) is 19.8 Å². The maximum absolute atomic E-state index is 12.0. The lowest BCUT2D eigenvalue weighted by Crippen LogP contribution is -2.08. The van der Waals surface area contributed by atoms with Crippen LogP contribution in [0.15, 0.2) is 46.0 Å². The quantitative estimate of drug-likeness (QED) is 0.301. The van der Waals surface area contributed by atoms with Crippen molar-refractivity contribution in [2.75, 3.05) is 13.2 Å². The summed E-state index contributed by atoms with van der Waals surface area (Å²) in [5.74, 6) is -0.343. The number of carbonyl (C=O) groups excluding carboxylic acids is 2. The molecule has 0 radical (unpaired) electrons. The summed E-state index contributed by atoms with van der Waals surface area (Å²) in [6.45, 7) is 5.36. The van der Waals surface area contributed by atoms with E-state index in [9.17, 15) is 9.59 Å². The molecule has 0 N–H and O–H groups in total. The molecule has 0 aliphatic heterocycles.